The second kappa shape index (κ2) is 8.28. The van der Waals surface area contributed by atoms with E-state index in [-0.39, 0.29) is 21.0 Å². The SMILES string of the molecule is NS(=O)(=O)c1ccc(-c2sc(-c3c(F)c(F)c(F)c(F)c3F)nc2-c2ccc(F)cc2)cc1. The van der Waals surface area contributed by atoms with Gasteiger partial charge >= 0.3 is 0 Å². The van der Waals surface area contributed by atoms with Crippen molar-refractivity contribution in [1.82, 2.24) is 4.98 Å². The fraction of sp³-hybridized carbons (Fsp3) is 0. The fourth-order valence-electron chi connectivity index (χ4n) is 3.01. The van der Waals surface area contributed by atoms with Crippen LogP contribution in [0, 0.1) is 34.9 Å². The van der Waals surface area contributed by atoms with Gasteiger partial charge in [0.2, 0.25) is 15.8 Å². The Labute approximate surface area is 187 Å². The summed E-state index contributed by atoms with van der Waals surface area (Å²) in [5, 5.41) is 4.56. The predicted molar refractivity (Wildman–Crippen MR) is 110 cm³/mol. The van der Waals surface area contributed by atoms with Crippen LogP contribution in [-0.4, -0.2) is 13.4 Å². The molecular weight excluding hydrogens is 490 g/mol. The Bertz CT molecular complexity index is 1460. The van der Waals surface area contributed by atoms with E-state index in [0.717, 1.165) is 12.1 Å². The number of rotatable bonds is 4. The van der Waals surface area contributed by atoms with Crippen LogP contribution in [0.4, 0.5) is 26.3 Å². The quantitative estimate of drug-likeness (QED) is 0.224. The summed E-state index contributed by atoms with van der Waals surface area (Å²) in [6.45, 7) is 0. The van der Waals surface area contributed by atoms with Gasteiger partial charge in [0.15, 0.2) is 23.3 Å². The molecule has 0 spiro atoms. The minimum Gasteiger partial charge on any atom is -0.235 e. The molecule has 0 saturated carbocycles. The van der Waals surface area contributed by atoms with E-state index in [1.54, 1.807) is 0 Å². The number of nitrogens with zero attached hydrogens (tertiary/aromatic N) is 1. The van der Waals surface area contributed by atoms with Gasteiger partial charge in [-0.15, -0.1) is 11.3 Å². The first-order valence-electron chi connectivity index (χ1n) is 8.91. The van der Waals surface area contributed by atoms with E-state index in [9.17, 15) is 34.8 Å². The van der Waals surface area contributed by atoms with Crippen LogP contribution in [0.2, 0.25) is 0 Å². The third kappa shape index (κ3) is 4.12. The van der Waals surface area contributed by atoms with Crippen LogP contribution in [0.5, 0.6) is 0 Å². The molecule has 0 aliphatic heterocycles. The van der Waals surface area contributed by atoms with Gasteiger partial charge in [0.1, 0.15) is 10.8 Å². The molecule has 0 amide bonds. The van der Waals surface area contributed by atoms with E-state index < -0.39 is 55.5 Å². The second-order valence-electron chi connectivity index (χ2n) is 6.72. The molecule has 12 heteroatoms. The lowest BCUT2D eigenvalue weighted by molar-refractivity contribution is 0.381. The monoisotopic (exact) mass is 500 g/mol. The molecule has 0 atom stereocenters. The van der Waals surface area contributed by atoms with Gasteiger partial charge in [-0.3, -0.25) is 0 Å². The number of thiazole rings is 1. The Kier molecular flexibility index (Phi) is 5.76. The maximum Gasteiger partial charge on any atom is 0.238 e. The molecule has 170 valence electrons. The molecular formula is C21H10F6N2O2S2. The normalized spacial score (nSPS) is 11.7. The second-order valence-corrected chi connectivity index (χ2v) is 9.28. The van der Waals surface area contributed by atoms with Crippen LogP contribution in [0.25, 0.3) is 32.3 Å². The first-order chi connectivity index (χ1) is 15.5. The third-order valence-electron chi connectivity index (χ3n) is 4.61. The number of benzene rings is 3. The minimum atomic E-state index is -4.00. The van der Waals surface area contributed by atoms with Gasteiger partial charge in [0, 0.05) is 5.56 Å². The van der Waals surface area contributed by atoms with Crippen molar-refractivity contribution in [2.45, 2.75) is 4.90 Å². The Morgan fingerprint density at radius 3 is 1.70 bits per heavy atom. The Hall–Kier alpha value is -3.22. The number of sulfonamides is 1. The molecule has 0 bridgehead atoms. The largest absolute Gasteiger partial charge is 0.238 e. The molecule has 33 heavy (non-hydrogen) atoms. The summed E-state index contributed by atoms with van der Waals surface area (Å²) in [7, 11) is -4.00. The van der Waals surface area contributed by atoms with E-state index in [1.165, 1.54) is 36.4 Å². The summed E-state index contributed by atoms with van der Waals surface area (Å²) in [4.78, 5) is 4.08. The third-order valence-corrected chi connectivity index (χ3v) is 6.66. The highest BCUT2D eigenvalue weighted by Gasteiger charge is 2.29. The Morgan fingerprint density at radius 1 is 0.697 bits per heavy atom. The minimum absolute atomic E-state index is 0.0577. The molecule has 0 fully saturated rings. The summed E-state index contributed by atoms with van der Waals surface area (Å²) in [6, 6.07) is 9.85. The van der Waals surface area contributed by atoms with E-state index in [4.69, 9.17) is 5.14 Å². The van der Waals surface area contributed by atoms with Gasteiger partial charge in [-0.2, -0.15) is 0 Å². The summed E-state index contributed by atoms with van der Waals surface area (Å²) in [5.74, 6) is -11.2. The van der Waals surface area contributed by atoms with Crippen LogP contribution in [0.1, 0.15) is 0 Å². The van der Waals surface area contributed by atoms with Crippen molar-refractivity contribution >= 4 is 21.4 Å². The highest BCUT2D eigenvalue weighted by molar-refractivity contribution is 7.89. The highest BCUT2D eigenvalue weighted by Crippen LogP contribution is 2.43. The zero-order valence-electron chi connectivity index (χ0n) is 16.0. The maximum atomic E-state index is 14.4. The molecule has 3 aromatic carbocycles. The van der Waals surface area contributed by atoms with Crippen molar-refractivity contribution in [1.29, 1.82) is 0 Å². The zero-order valence-corrected chi connectivity index (χ0v) is 17.7. The number of hydrogen-bond acceptors (Lipinski definition) is 4. The molecule has 0 aliphatic carbocycles. The van der Waals surface area contributed by atoms with Crippen LogP contribution in [-0.2, 0) is 10.0 Å². The lowest BCUT2D eigenvalue weighted by Crippen LogP contribution is -2.11. The van der Waals surface area contributed by atoms with E-state index in [2.05, 4.69) is 4.98 Å². The van der Waals surface area contributed by atoms with Crippen molar-refractivity contribution in [3.63, 3.8) is 0 Å². The average Bonchev–Trinajstić information content (AvgIpc) is 3.21. The van der Waals surface area contributed by atoms with Gasteiger partial charge < -0.3 is 0 Å². The van der Waals surface area contributed by atoms with E-state index in [0.29, 0.717) is 16.9 Å². The molecule has 0 radical (unpaired) electrons. The van der Waals surface area contributed by atoms with E-state index >= 15 is 0 Å². The summed E-state index contributed by atoms with van der Waals surface area (Å²) >= 11 is 0.608. The van der Waals surface area contributed by atoms with Crippen LogP contribution >= 0.6 is 11.3 Å². The summed E-state index contributed by atoms with van der Waals surface area (Å²) < 4.78 is 106. The number of hydrogen-bond donors (Lipinski definition) is 1. The van der Waals surface area contributed by atoms with Crippen molar-refractivity contribution in [2.75, 3.05) is 0 Å². The van der Waals surface area contributed by atoms with E-state index in [1.807, 2.05) is 0 Å². The fourth-order valence-corrected chi connectivity index (χ4v) is 4.66. The lowest BCUT2D eigenvalue weighted by Gasteiger charge is -2.05. The van der Waals surface area contributed by atoms with Crippen LogP contribution in [0.3, 0.4) is 0 Å². The van der Waals surface area contributed by atoms with Crippen molar-refractivity contribution in [2.24, 2.45) is 5.14 Å². The molecule has 0 saturated heterocycles. The predicted octanol–water partition coefficient (Wildman–Crippen LogP) is 5.63. The topological polar surface area (TPSA) is 73.1 Å². The molecule has 4 aromatic rings. The number of aromatic nitrogens is 1. The number of primary sulfonamides is 1. The van der Waals surface area contributed by atoms with Gasteiger partial charge in [-0.25, -0.2) is 44.9 Å². The first kappa shape index (κ1) is 23.0. The molecule has 2 N–H and O–H groups in total. The maximum absolute atomic E-state index is 14.4. The van der Waals surface area contributed by atoms with Gasteiger partial charge in [0.05, 0.1) is 21.0 Å². The number of nitrogens with two attached hydrogens (primary N) is 1. The molecule has 1 aromatic heterocycles. The standard InChI is InChI=1S/C21H10F6N2O2S2/c22-11-5-1-9(2-6-11)19-20(10-3-7-12(8-4-10)33(28,30)31)32-21(29-19)13-14(23)16(25)18(27)17(26)15(13)24/h1-8H,(H2,28,30,31). The summed E-state index contributed by atoms with van der Waals surface area (Å²) in [6.07, 6.45) is 0. The van der Waals surface area contributed by atoms with Crippen LogP contribution in [0.15, 0.2) is 53.4 Å². The molecule has 0 aliphatic rings. The zero-order chi connectivity index (χ0) is 24.1. The van der Waals surface area contributed by atoms with Crippen LogP contribution < -0.4 is 5.14 Å². The molecule has 1 heterocycles. The molecule has 4 nitrogen and oxygen atoms in total. The highest BCUT2D eigenvalue weighted by atomic mass is 32.2. The van der Waals surface area contributed by atoms with Crippen molar-refractivity contribution in [3.8, 4) is 32.3 Å². The van der Waals surface area contributed by atoms with Gasteiger partial charge in [0.25, 0.3) is 0 Å². The Morgan fingerprint density at radius 2 is 1.18 bits per heavy atom. The molecule has 0 unspecified atom stereocenters. The summed E-state index contributed by atoms with van der Waals surface area (Å²) in [5.41, 5.74) is -0.558. The van der Waals surface area contributed by atoms with Crippen molar-refractivity contribution < 1.29 is 34.8 Å². The lowest BCUT2D eigenvalue weighted by atomic mass is 10.1. The molecule has 4 rings (SSSR count). The van der Waals surface area contributed by atoms with Gasteiger partial charge in [-0.1, -0.05) is 12.1 Å². The van der Waals surface area contributed by atoms with Crippen molar-refractivity contribution in [3.05, 3.63) is 83.4 Å². The van der Waals surface area contributed by atoms with Gasteiger partial charge in [-0.05, 0) is 42.0 Å². The first-order valence-corrected chi connectivity index (χ1v) is 11.3. The Balaban J connectivity index is 1.97. The average molecular weight is 500 g/mol. The number of halogens is 6. The smallest absolute Gasteiger partial charge is 0.235 e.